The Kier molecular flexibility index (Phi) is 3.52. The number of rotatable bonds is 4. The SMILES string of the molecule is CCc1ccsc1CNC(=O)c1ccc2nc[nH]c2c1. The van der Waals surface area contributed by atoms with Gasteiger partial charge < -0.3 is 10.3 Å². The molecule has 2 heterocycles. The van der Waals surface area contributed by atoms with Crippen LogP contribution in [0.5, 0.6) is 0 Å². The van der Waals surface area contributed by atoms with Crippen molar-refractivity contribution in [1.29, 1.82) is 0 Å². The van der Waals surface area contributed by atoms with Gasteiger partial charge in [0, 0.05) is 10.4 Å². The summed E-state index contributed by atoms with van der Waals surface area (Å²) in [4.78, 5) is 20.5. The number of amides is 1. The van der Waals surface area contributed by atoms with Crippen LogP contribution in [0.2, 0.25) is 0 Å². The molecule has 3 aromatic rings. The zero-order valence-corrected chi connectivity index (χ0v) is 12.0. The molecular formula is C15H15N3OS. The summed E-state index contributed by atoms with van der Waals surface area (Å²) in [6.45, 7) is 2.71. The lowest BCUT2D eigenvalue weighted by molar-refractivity contribution is 0.0951. The number of fused-ring (bicyclic) bond motifs is 1. The van der Waals surface area contributed by atoms with Crippen LogP contribution in [-0.4, -0.2) is 15.9 Å². The maximum absolute atomic E-state index is 12.2. The first-order valence-corrected chi connectivity index (χ1v) is 7.42. The van der Waals surface area contributed by atoms with Crippen LogP contribution in [0.25, 0.3) is 11.0 Å². The number of imidazole rings is 1. The molecule has 0 aliphatic carbocycles. The second kappa shape index (κ2) is 5.46. The highest BCUT2D eigenvalue weighted by Gasteiger charge is 2.09. The molecule has 3 rings (SSSR count). The standard InChI is InChI=1S/C15H15N3OS/c1-2-10-5-6-20-14(10)8-16-15(19)11-3-4-12-13(7-11)18-9-17-12/h3-7,9H,2,8H2,1H3,(H,16,19)(H,17,18). The lowest BCUT2D eigenvalue weighted by Crippen LogP contribution is -2.22. The molecule has 1 amide bonds. The summed E-state index contributed by atoms with van der Waals surface area (Å²) in [6, 6.07) is 7.59. The van der Waals surface area contributed by atoms with Crippen molar-refractivity contribution in [2.45, 2.75) is 19.9 Å². The molecule has 0 aliphatic heterocycles. The summed E-state index contributed by atoms with van der Waals surface area (Å²) in [5.41, 5.74) is 3.70. The normalized spacial score (nSPS) is 10.8. The van der Waals surface area contributed by atoms with Crippen molar-refractivity contribution in [1.82, 2.24) is 15.3 Å². The molecule has 0 fully saturated rings. The van der Waals surface area contributed by atoms with Crippen molar-refractivity contribution in [2.24, 2.45) is 0 Å². The van der Waals surface area contributed by atoms with E-state index in [1.165, 1.54) is 10.4 Å². The molecule has 0 spiro atoms. The van der Waals surface area contributed by atoms with Crippen LogP contribution in [0.15, 0.2) is 36.0 Å². The predicted octanol–water partition coefficient (Wildman–Crippen LogP) is 3.12. The van der Waals surface area contributed by atoms with Crippen molar-refractivity contribution < 1.29 is 4.79 Å². The molecule has 1 aromatic carbocycles. The van der Waals surface area contributed by atoms with E-state index in [1.807, 2.05) is 12.1 Å². The van der Waals surface area contributed by atoms with E-state index in [9.17, 15) is 4.79 Å². The van der Waals surface area contributed by atoms with Crippen LogP contribution < -0.4 is 5.32 Å². The summed E-state index contributed by atoms with van der Waals surface area (Å²) in [7, 11) is 0. The highest BCUT2D eigenvalue weighted by molar-refractivity contribution is 7.10. The fraction of sp³-hybridized carbons (Fsp3) is 0.200. The van der Waals surface area contributed by atoms with E-state index in [4.69, 9.17) is 0 Å². The van der Waals surface area contributed by atoms with Crippen LogP contribution in [0, 0.1) is 0 Å². The molecule has 4 nitrogen and oxygen atoms in total. The summed E-state index contributed by atoms with van der Waals surface area (Å²) in [5, 5.41) is 5.04. The van der Waals surface area contributed by atoms with Crippen LogP contribution in [0.3, 0.4) is 0 Å². The molecule has 0 saturated heterocycles. The van der Waals surface area contributed by atoms with Gasteiger partial charge >= 0.3 is 0 Å². The Morgan fingerprint density at radius 3 is 3.15 bits per heavy atom. The van der Waals surface area contributed by atoms with Gasteiger partial charge in [0.2, 0.25) is 0 Å². The third-order valence-electron chi connectivity index (χ3n) is 3.31. The topological polar surface area (TPSA) is 57.8 Å². The second-order valence-electron chi connectivity index (χ2n) is 4.54. The van der Waals surface area contributed by atoms with Gasteiger partial charge in [-0.05, 0) is 41.6 Å². The van der Waals surface area contributed by atoms with Crippen LogP contribution in [0.4, 0.5) is 0 Å². The number of aromatic amines is 1. The highest BCUT2D eigenvalue weighted by atomic mass is 32.1. The fourth-order valence-corrected chi connectivity index (χ4v) is 3.09. The highest BCUT2D eigenvalue weighted by Crippen LogP contribution is 2.17. The van der Waals surface area contributed by atoms with E-state index in [-0.39, 0.29) is 5.91 Å². The van der Waals surface area contributed by atoms with Gasteiger partial charge in [0.25, 0.3) is 5.91 Å². The lowest BCUT2D eigenvalue weighted by Gasteiger charge is -2.05. The number of H-pyrrole nitrogens is 1. The Bertz CT molecular complexity index is 744. The molecule has 0 aliphatic rings. The minimum atomic E-state index is -0.0584. The Labute approximate surface area is 120 Å². The van der Waals surface area contributed by atoms with E-state index in [0.29, 0.717) is 12.1 Å². The Hall–Kier alpha value is -2.14. The molecule has 2 aromatic heterocycles. The van der Waals surface area contributed by atoms with Crippen molar-refractivity contribution in [3.63, 3.8) is 0 Å². The van der Waals surface area contributed by atoms with Gasteiger partial charge in [-0.25, -0.2) is 4.98 Å². The quantitative estimate of drug-likeness (QED) is 0.774. The number of carbonyl (C=O) groups is 1. The first-order valence-electron chi connectivity index (χ1n) is 6.54. The van der Waals surface area contributed by atoms with Crippen molar-refractivity contribution in [2.75, 3.05) is 0 Å². The van der Waals surface area contributed by atoms with Crippen molar-refractivity contribution >= 4 is 28.3 Å². The molecule has 5 heteroatoms. The first-order chi connectivity index (χ1) is 9.78. The number of benzene rings is 1. The minimum absolute atomic E-state index is 0.0584. The fourth-order valence-electron chi connectivity index (χ4n) is 2.18. The van der Waals surface area contributed by atoms with Crippen molar-refractivity contribution in [3.8, 4) is 0 Å². The van der Waals surface area contributed by atoms with E-state index < -0.39 is 0 Å². The number of hydrogen-bond donors (Lipinski definition) is 2. The van der Waals surface area contributed by atoms with Crippen LogP contribution in [-0.2, 0) is 13.0 Å². The van der Waals surface area contributed by atoms with Gasteiger partial charge in [0.1, 0.15) is 0 Å². The summed E-state index contributed by atoms with van der Waals surface area (Å²) in [6.07, 6.45) is 2.63. The van der Waals surface area contributed by atoms with Gasteiger partial charge in [0.05, 0.1) is 23.9 Å². The third kappa shape index (κ3) is 2.44. The van der Waals surface area contributed by atoms with Gasteiger partial charge in [-0.15, -0.1) is 11.3 Å². The number of thiophene rings is 1. The largest absolute Gasteiger partial charge is 0.347 e. The maximum atomic E-state index is 12.2. The van der Waals surface area contributed by atoms with Crippen LogP contribution in [0.1, 0.15) is 27.7 Å². The predicted molar refractivity (Wildman–Crippen MR) is 81.0 cm³/mol. The molecule has 0 atom stereocenters. The van der Waals surface area contributed by atoms with E-state index in [1.54, 1.807) is 23.7 Å². The Balaban J connectivity index is 1.72. The number of aromatic nitrogens is 2. The number of carbonyl (C=O) groups excluding carboxylic acids is 1. The molecule has 0 saturated carbocycles. The molecule has 2 N–H and O–H groups in total. The number of hydrogen-bond acceptors (Lipinski definition) is 3. The van der Waals surface area contributed by atoms with Gasteiger partial charge in [-0.2, -0.15) is 0 Å². The molecule has 102 valence electrons. The van der Waals surface area contributed by atoms with Gasteiger partial charge in [0.15, 0.2) is 0 Å². The zero-order chi connectivity index (χ0) is 13.9. The lowest BCUT2D eigenvalue weighted by atomic mass is 10.1. The van der Waals surface area contributed by atoms with E-state index >= 15 is 0 Å². The van der Waals surface area contributed by atoms with E-state index in [0.717, 1.165) is 17.5 Å². The van der Waals surface area contributed by atoms with Gasteiger partial charge in [-0.3, -0.25) is 4.79 Å². The van der Waals surface area contributed by atoms with E-state index in [2.05, 4.69) is 33.7 Å². The molecule has 0 unspecified atom stereocenters. The Morgan fingerprint density at radius 2 is 2.30 bits per heavy atom. The van der Waals surface area contributed by atoms with Crippen LogP contribution >= 0.6 is 11.3 Å². The summed E-state index contributed by atoms with van der Waals surface area (Å²) >= 11 is 1.68. The molecule has 20 heavy (non-hydrogen) atoms. The zero-order valence-electron chi connectivity index (χ0n) is 11.1. The number of nitrogens with one attached hydrogen (secondary N) is 2. The number of nitrogens with zero attached hydrogens (tertiary/aromatic N) is 1. The minimum Gasteiger partial charge on any atom is -0.347 e. The summed E-state index contributed by atoms with van der Waals surface area (Å²) in [5.74, 6) is -0.0584. The second-order valence-corrected chi connectivity index (χ2v) is 5.54. The first kappa shape index (κ1) is 12.9. The monoisotopic (exact) mass is 285 g/mol. The number of aryl methyl sites for hydroxylation is 1. The average molecular weight is 285 g/mol. The average Bonchev–Trinajstić information content (AvgIpc) is 3.12. The third-order valence-corrected chi connectivity index (χ3v) is 4.27. The van der Waals surface area contributed by atoms with Crippen molar-refractivity contribution in [3.05, 3.63) is 52.0 Å². The maximum Gasteiger partial charge on any atom is 0.251 e. The molecule has 0 bridgehead atoms. The Morgan fingerprint density at radius 1 is 1.40 bits per heavy atom. The smallest absolute Gasteiger partial charge is 0.251 e. The summed E-state index contributed by atoms with van der Waals surface area (Å²) < 4.78 is 0. The molecular weight excluding hydrogens is 270 g/mol. The molecule has 0 radical (unpaired) electrons. The van der Waals surface area contributed by atoms with Gasteiger partial charge in [-0.1, -0.05) is 6.92 Å².